The molecule has 0 spiro atoms. The molecule has 0 atom stereocenters. The van der Waals surface area contributed by atoms with Gasteiger partial charge in [0.2, 0.25) is 5.91 Å². The van der Waals surface area contributed by atoms with Gasteiger partial charge in [0.1, 0.15) is 17.8 Å². The predicted octanol–water partition coefficient (Wildman–Crippen LogP) is 6.15. The van der Waals surface area contributed by atoms with Crippen molar-refractivity contribution in [3.63, 3.8) is 0 Å². The van der Waals surface area contributed by atoms with E-state index in [4.69, 9.17) is 4.74 Å². The Balaban J connectivity index is 1.19. The number of amidine groups is 1. The Morgan fingerprint density at radius 1 is 1.05 bits per heavy atom. The quantitative estimate of drug-likeness (QED) is 0.215. The molecule has 13 heteroatoms. The summed E-state index contributed by atoms with van der Waals surface area (Å²) in [6.45, 7) is 5.05. The summed E-state index contributed by atoms with van der Waals surface area (Å²) < 4.78 is 48.0. The number of carbonyl (C=O) groups excluding carboxylic acids is 1. The number of aliphatic imine (C=N–C) groups is 1. The molecule has 0 aliphatic carbocycles. The largest absolute Gasteiger partial charge is 0.573 e. The summed E-state index contributed by atoms with van der Waals surface area (Å²) in [5.41, 5.74) is 4.20. The molecule has 4 aromatic rings. The first-order chi connectivity index (χ1) is 20.6. The Morgan fingerprint density at radius 2 is 1.77 bits per heavy atom. The molecule has 0 bridgehead atoms. The molecule has 5 rings (SSSR count). The lowest BCUT2D eigenvalue weighted by Crippen LogP contribution is -2.31. The number of halogens is 3. The first-order valence-corrected chi connectivity index (χ1v) is 14.4. The van der Waals surface area contributed by atoms with Crippen molar-refractivity contribution >= 4 is 28.5 Å². The standard InChI is InChI=1S/C30H29F3N6O3S/c1-19(2)25-14-24(41-3)12-13-26(25)39-27(40)16-43-29(39)35-17-34-15-20-4-6-21(7-5-20)28-36-18-38(37-28)22-8-10-23(11-9-22)42-30(31,32)33/h4-14,18-19,34H,15-17H2,1-3H3/b35-29-. The number of ether oxygens (including phenoxy) is 2. The molecule has 43 heavy (non-hydrogen) atoms. The number of anilines is 1. The SMILES string of the molecule is COc1ccc(N2C(=O)CS/C2=N\CNCc2ccc(-c3ncn(-c4ccc(OC(F)(F)F)cc4)n3)cc2)c(C(C)C)c1. The van der Waals surface area contributed by atoms with Gasteiger partial charge in [0, 0.05) is 12.1 Å². The third kappa shape index (κ3) is 7.35. The van der Waals surface area contributed by atoms with Crippen molar-refractivity contribution in [1.82, 2.24) is 20.1 Å². The number of rotatable bonds is 10. The van der Waals surface area contributed by atoms with Gasteiger partial charge in [0.05, 0.1) is 30.9 Å². The highest BCUT2D eigenvalue weighted by atomic mass is 32.2. The maximum Gasteiger partial charge on any atom is 0.573 e. The Morgan fingerprint density at radius 3 is 2.44 bits per heavy atom. The van der Waals surface area contributed by atoms with Crippen molar-refractivity contribution in [3.8, 4) is 28.6 Å². The zero-order valence-electron chi connectivity index (χ0n) is 23.6. The molecule has 9 nitrogen and oxygen atoms in total. The van der Waals surface area contributed by atoms with Crippen LogP contribution in [-0.2, 0) is 11.3 Å². The Labute approximate surface area is 250 Å². The Hall–Kier alpha value is -4.36. The summed E-state index contributed by atoms with van der Waals surface area (Å²) in [7, 11) is 1.62. The Kier molecular flexibility index (Phi) is 9.02. The summed E-state index contributed by atoms with van der Waals surface area (Å²) in [6.07, 6.45) is -3.25. The highest BCUT2D eigenvalue weighted by molar-refractivity contribution is 8.15. The van der Waals surface area contributed by atoms with Crippen molar-refractivity contribution in [2.24, 2.45) is 4.99 Å². The van der Waals surface area contributed by atoms with Gasteiger partial charge in [-0.25, -0.2) is 14.7 Å². The van der Waals surface area contributed by atoms with Gasteiger partial charge in [-0.15, -0.1) is 18.3 Å². The van der Waals surface area contributed by atoms with Crippen LogP contribution < -0.4 is 19.7 Å². The summed E-state index contributed by atoms with van der Waals surface area (Å²) in [5.74, 6) is 1.44. The summed E-state index contributed by atoms with van der Waals surface area (Å²) in [4.78, 5) is 23.5. The first kappa shape index (κ1) is 30.1. The Bertz CT molecular complexity index is 1600. The second kappa shape index (κ2) is 12.9. The molecule has 0 radical (unpaired) electrons. The number of aromatic nitrogens is 3. The molecule has 1 amide bonds. The number of nitrogens with zero attached hydrogens (tertiary/aromatic N) is 5. The van der Waals surface area contributed by atoms with Crippen molar-refractivity contribution in [2.75, 3.05) is 24.4 Å². The molecule has 3 aromatic carbocycles. The van der Waals surface area contributed by atoms with Gasteiger partial charge in [0.25, 0.3) is 0 Å². The number of methoxy groups -OCH3 is 1. The normalized spacial score (nSPS) is 14.6. The van der Waals surface area contributed by atoms with Crippen LogP contribution in [0.1, 0.15) is 30.9 Å². The van der Waals surface area contributed by atoms with Crippen molar-refractivity contribution < 1.29 is 27.4 Å². The maximum atomic E-state index is 12.8. The molecule has 0 unspecified atom stereocenters. The van der Waals surface area contributed by atoms with Crippen LogP contribution in [0.2, 0.25) is 0 Å². The van der Waals surface area contributed by atoms with E-state index in [9.17, 15) is 18.0 Å². The minimum atomic E-state index is -4.75. The van der Waals surface area contributed by atoms with Gasteiger partial charge in [-0.3, -0.25) is 15.0 Å². The van der Waals surface area contributed by atoms with Gasteiger partial charge in [-0.2, -0.15) is 0 Å². The van der Waals surface area contributed by atoms with Crippen LogP contribution >= 0.6 is 11.8 Å². The lowest BCUT2D eigenvalue weighted by molar-refractivity contribution is -0.274. The molecule has 1 N–H and O–H groups in total. The van der Waals surface area contributed by atoms with Gasteiger partial charge >= 0.3 is 6.36 Å². The van der Waals surface area contributed by atoms with Crippen molar-refractivity contribution in [1.29, 1.82) is 0 Å². The number of hydrogen-bond donors (Lipinski definition) is 1. The average Bonchev–Trinajstić information content (AvgIpc) is 3.62. The lowest BCUT2D eigenvalue weighted by atomic mass is 10.00. The topological polar surface area (TPSA) is 93.9 Å². The van der Waals surface area contributed by atoms with Gasteiger partial charge < -0.3 is 9.47 Å². The highest BCUT2D eigenvalue weighted by Crippen LogP contribution is 2.35. The number of nitrogens with one attached hydrogen (secondary N) is 1. The predicted molar refractivity (Wildman–Crippen MR) is 160 cm³/mol. The third-order valence-corrected chi connectivity index (χ3v) is 7.52. The fraction of sp³-hybridized carbons (Fsp3) is 0.267. The molecule has 1 aliphatic heterocycles. The molecular weight excluding hydrogens is 581 g/mol. The smallest absolute Gasteiger partial charge is 0.497 e. The van der Waals surface area contributed by atoms with E-state index in [1.165, 1.54) is 47.0 Å². The highest BCUT2D eigenvalue weighted by Gasteiger charge is 2.32. The third-order valence-electron chi connectivity index (χ3n) is 6.56. The van der Waals surface area contributed by atoms with Crippen LogP contribution in [0.3, 0.4) is 0 Å². The number of alkyl halides is 3. The van der Waals surface area contributed by atoms with Crippen LogP contribution in [0, 0.1) is 0 Å². The second-order valence-electron chi connectivity index (χ2n) is 9.87. The number of thioether (sulfide) groups is 1. The number of carbonyl (C=O) groups is 1. The van der Waals surface area contributed by atoms with E-state index in [1.54, 1.807) is 12.0 Å². The van der Waals surface area contributed by atoms with E-state index in [-0.39, 0.29) is 17.6 Å². The number of benzene rings is 3. The van der Waals surface area contributed by atoms with Crippen molar-refractivity contribution in [2.45, 2.75) is 32.7 Å². The van der Waals surface area contributed by atoms with E-state index in [1.807, 2.05) is 42.5 Å². The number of amides is 1. The summed E-state index contributed by atoms with van der Waals surface area (Å²) in [5, 5.41) is 8.39. The maximum absolute atomic E-state index is 12.8. The van der Waals surface area contributed by atoms with E-state index < -0.39 is 6.36 Å². The molecule has 0 saturated carbocycles. The summed E-state index contributed by atoms with van der Waals surface area (Å²) >= 11 is 1.42. The molecular formula is C30H29F3N6O3S. The van der Waals surface area contributed by atoms with E-state index in [0.29, 0.717) is 35.6 Å². The monoisotopic (exact) mass is 610 g/mol. The molecule has 2 heterocycles. The molecule has 1 aromatic heterocycles. The van der Waals surface area contributed by atoms with Gasteiger partial charge in [-0.1, -0.05) is 49.9 Å². The first-order valence-electron chi connectivity index (χ1n) is 13.4. The van der Waals surface area contributed by atoms with Crippen LogP contribution in [0.5, 0.6) is 11.5 Å². The van der Waals surface area contributed by atoms with Crippen LogP contribution in [0.4, 0.5) is 18.9 Å². The fourth-order valence-electron chi connectivity index (χ4n) is 4.46. The van der Waals surface area contributed by atoms with Gasteiger partial charge in [-0.05, 0) is 59.5 Å². The number of hydrogen-bond acceptors (Lipinski definition) is 8. The molecule has 1 fully saturated rings. The molecule has 1 aliphatic rings. The fourth-order valence-corrected chi connectivity index (χ4v) is 5.32. The van der Waals surface area contributed by atoms with Crippen LogP contribution in [0.25, 0.3) is 17.1 Å². The van der Waals surface area contributed by atoms with Gasteiger partial charge in [0.15, 0.2) is 11.0 Å². The minimum Gasteiger partial charge on any atom is -0.497 e. The minimum absolute atomic E-state index is 0.00468. The molecule has 224 valence electrons. The van der Waals surface area contributed by atoms with Crippen molar-refractivity contribution in [3.05, 3.63) is 84.2 Å². The van der Waals surface area contributed by atoms with E-state index in [2.05, 4.69) is 39.0 Å². The van der Waals surface area contributed by atoms with Crippen LogP contribution in [-0.4, -0.2) is 51.7 Å². The lowest BCUT2D eigenvalue weighted by Gasteiger charge is -2.22. The zero-order chi connectivity index (χ0) is 30.6. The van der Waals surface area contributed by atoms with E-state index in [0.717, 1.165) is 28.1 Å². The average molecular weight is 611 g/mol. The van der Waals surface area contributed by atoms with E-state index >= 15 is 0 Å². The van der Waals surface area contributed by atoms with Crippen LogP contribution in [0.15, 0.2) is 78.0 Å². The zero-order valence-corrected chi connectivity index (χ0v) is 24.4. The molecule has 1 saturated heterocycles. The second-order valence-corrected chi connectivity index (χ2v) is 10.8. The summed E-state index contributed by atoms with van der Waals surface area (Å²) in [6, 6.07) is 18.8.